The molecule has 1 N–H and O–H groups in total. The van der Waals surface area contributed by atoms with Crippen LogP contribution in [0.5, 0.6) is 0 Å². The third-order valence-electron chi connectivity index (χ3n) is 2.46. The molecular weight excluding hydrogens is 224 g/mol. The number of nitrogens with one attached hydrogen (secondary N) is 1. The number of hydrogen-bond donors (Lipinski definition) is 1. The predicted molar refractivity (Wildman–Crippen MR) is 68.5 cm³/mol. The summed E-state index contributed by atoms with van der Waals surface area (Å²) in [7, 11) is 0. The first-order valence-electron chi connectivity index (χ1n) is 5.55. The Bertz CT molecular complexity index is 303. The maximum atomic E-state index is 4.53. The smallest absolute Gasteiger partial charge is 0.106 e. The minimum absolute atomic E-state index is 0.552. The van der Waals surface area contributed by atoms with Crippen LogP contribution in [0.1, 0.15) is 41.8 Å². The molecule has 1 atom stereocenters. The van der Waals surface area contributed by atoms with Crippen LogP contribution in [0.3, 0.4) is 0 Å². The van der Waals surface area contributed by atoms with E-state index in [1.54, 1.807) is 0 Å². The van der Waals surface area contributed by atoms with Gasteiger partial charge >= 0.3 is 0 Å². The highest BCUT2D eigenvalue weighted by Gasteiger charge is 2.20. The van der Waals surface area contributed by atoms with Crippen molar-refractivity contribution in [3.63, 3.8) is 0 Å². The number of thiazole rings is 1. The molecule has 1 aliphatic rings. The molecule has 0 amide bonds. The van der Waals surface area contributed by atoms with Gasteiger partial charge in [-0.2, -0.15) is 11.8 Å². The average Bonchev–Trinajstić information content (AvgIpc) is 2.85. The molecule has 2 rings (SSSR count). The van der Waals surface area contributed by atoms with E-state index in [1.165, 1.54) is 28.5 Å². The summed E-state index contributed by atoms with van der Waals surface area (Å²) in [6, 6.07) is 0.552. The average molecular weight is 242 g/mol. The highest BCUT2D eigenvalue weighted by molar-refractivity contribution is 7.99. The number of rotatable bonds is 4. The molecule has 2 heterocycles. The van der Waals surface area contributed by atoms with Crippen LogP contribution in [0.2, 0.25) is 0 Å². The Hall–Kier alpha value is -0.0600. The van der Waals surface area contributed by atoms with Crippen molar-refractivity contribution < 1.29 is 0 Å². The third kappa shape index (κ3) is 3.20. The molecule has 1 aromatic rings. The number of thioether (sulfide) groups is 1. The Balaban J connectivity index is 1.91. The molecule has 0 spiro atoms. The standard InChI is InChI=1S/C11H18N2S2/c1-8(2)12-6-9-7-13-11(15-9)10-4-3-5-14-10/h7-8,10,12H,3-6H2,1-2H3. The first-order chi connectivity index (χ1) is 7.25. The van der Waals surface area contributed by atoms with E-state index in [2.05, 4.69) is 35.9 Å². The van der Waals surface area contributed by atoms with Crippen LogP contribution in [-0.4, -0.2) is 16.8 Å². The molecule has 15 heavy (non-hydrogen) atoms. The number of nitrogens with zero attached hydrogens (tertiary/aromatic N) is 1. The second-order valence-corrected chi connectivity index (χ2v) is 6.66. The van der Waals surface area contributed by atoms with E-state index < -0.39 is 0 Å². The van der Waals surface area contributed by atoms with Gasteiger partial charge in [-0.3, -0.25) is 0 Å². The molecule has 0 saturated carbocycles. The highest BCUT2D eigenvalue weighted by atomic mass is 32.2. The lowest BCUT2D eigenvalue weighted by Crippen LogP contribution is -2.21. The second kappa shape index (κ2) is 5.32. The fourth-order valence-corrected chi connectivity index (χ4v) is 4.02. The Morgan fingerprint density at radius 3 is 3.13 bits per heavy atom. The molecule has 1 saturated heterocycles. The van der Waals surface area contributed by atoms with E-state index >= 15 is 0 Å². The summed E-state index contributed by atoms with van der Waals surface area (Å²) in [5.74, 6) is 1.31. The molecule has 0 bridgehead atoms. The summed E-state index contributed by atoms with van der Waals surface area (Å²) >= 11 is 3.94. The molecule has 0 aliphatic carbocycles. The van der Waals surface area contributed by atoms with Gasteiger partial charge in [-0.15, -0.1) is 11.3 Å². The maximum absolute atomic E-state index is 4.53. The van der Waals surface area contributed by atoms with Gasteiger partial charge in [0.15, 0.2) is 0 Å². The van der Waals surface area contributed by atoms with Gasteiger partial charge in [-0.1, -0.05) is 13.8 Å². The van der Waals surface area contributed by atoms with Gasteiger partial charge in [-0.05, 0) is 18.6 Å². The van der Waals surface area contributed by atoms with Crippen molar-refractivity contribution in [2.45, 2.75) is 44.5 Å². The van der Waals surface area contributed by atoms with Crippen LogP contribution >= 0.6 is 23.1 Å². The van der Waals surface area contributed by atoms with E-state index in [1.807, 2.05) is 17.5 Å². The van der Waals surface area contributed by atoms with E-state index in [-0.39, 0.29) is 0 Å². The van der Waals surface area contributed by atoms with Crippen LogP contribution in [-0.2, 0) is 6.54 Å². The van der Waals surface area contributed by atoms with Crippen molar-refractivity contribution in [1.82, 2.24) is 10.3 Å². The Labute approximate surface area is 99.9 Å². The lowest BCUT2D eigenvalue weighted by Gasteiger charge is -2.05. The maximum Gasteiger partial charge on any atom is 0.106 e. The lowest BCUT2D eigenvalue weighted by atomic mass is 10.3. The lowest BCUT2D eigenvalue weighted by molar-refractivity contribution is 0.593. The van der Waals surface area contributed by atoms with Crippen molar-refractivity contribution in [2.24, 2.45) is 0 Å². The molecule has 4 heteroatoms. The molecule has 1 fully saturated rings. The summed E-state index contributed by atoms with van der Waals surface area (Å²) in [5.41, 5.74) is 0. The summed E-state index contributed by atoms with van der Waals surface area (Å²) in [4.78, 5) is 5.90. The normalized spacial score (nSPS) is 21.4. The number of hydrogen-bond acceptors (Lipinski definition) is 4. The van der Waals surface area contributed by atoms with Crippen molar-refractivity contribution in [1.29, 1.82) is 0 Å². The first kappa shape index (κ1) is 11.4. The number of aromatic nitrogens is 1. The molecule has 2 nitrogen and oxygen atoms in total. The van der Waals surface area contributed by atoms with Crippen LogP contribution in [0, 0.1) is 0 Å². The monoisotopic (exact) mass is 242 g/mol. The van der Waals surface area contributed by atoms with Gasteiger partial charge in [0, 0.05) is 23.7 Å². The highest BCUT2D eigenvalue weighted by Crippen LogP contribution is 2.41. The quantitative estimate of drug-likeness (QED) is 0.877. The van der Waals surface area contributed by atoms with E-state index in [9.17, 15) is 0 Å². The second-order valence-electron chi connectivity index (χ2n) is 4.20. The van der Waals surface area contributed by atoms with E-state index in [0.717, 1.165) is 6.54 Å². The third-order valence-corrected chi connectivity index (χ3v) is 5.11. The Morgan fingerprint density at radius 1 is 1.60 bits per heavy atom. The van der Waals surface area contributed by atoms with Crippen LogP contribution < -0.4 is 5.32 Å². The van der Waals surface area contributed by atoms with Crippen molar-refractivity contribution in [3.8, 4) is 0 Å². The van der Waals surface area contributed by atoms with Crippen molar-refractivity contribution in [3.05, 3.63) is 16.1 Å². The summed E-state index contributed by atoms with van der Waals surface area (Å²) in [5, 5.41) is 5.44. The van der Waals surface area contributed by atoms with Gasteiger partial charge < -0.3 is 5.32 Å². The predicted octanol–water partition coefficient (Wildman–Crippen LogP) is 3.21. The molecule has 0 radical (unpaired) electrons. The minimum Gasteiger partial charge on any atom is -0.310 e. The Morgan fingerprint density at radius 2 is 2.47 bits per heavy atom. The van der Waals surface area contributed by atoms with Crippen molar-refractivity contribution >= 4 is 23.1 Å². The summed E-state index contributed by atoms with van der Waals surface area (Å²) in [6.07, 6.45) is 4.71. The van der Waals surface area contributed by atoms with Gasteiger partial charge in [0.1, 0.15) is 5.01 Å². The summed E-state index contributed by atoms with van der Waals surface area (Å²) < 4.78 is 0. The van der Waals surface area contributed by atoms with Gasteiger partial charge in [0.05, 0.1) is 5.25 Å². The van der Waals surface area contributed by atoms with Crippen molar-refractivity contribution in [2.75, 3.05) is 5.75 Å². The first-order valence-corrected chi connectivity index (χ1v) is 7.42. The zero-order valence-electron chi connectivity index (χ0n) is 9.32. The van der Waals surface area contributed by atoms with E-state index in [0.29, 0.717) is 11.3 Å². The topological polar surface area (TPSA) is 24.9 Å². The molecule has 1 aromatic heterocycles. The Kier molecular flexibility index (Phi) is 4.05. The van der Waals surface area contributed by atoms with Crippen LogP contribution in [0.25, 0.3) is 0 Å². The summed E-state index contributed by atoms with van der Waals surface area (Å²) in [6.45, 7) is 5.32. The molecular formula is C11H18N2S2. The van der Waals surface area contributed by atoms with Gasteiger partial charge in [0.2, 0.25) is 0 Å². The van der Waals surface area contributed by atoms with Crippen LogP contribution in [0.4, 0.5) is 0 Å². The minimum atomic E-state index is 0.552. The van der Waals surface area contributed by atoms with Gasteiger partial charge in [-0.25, -0.2) is 4.98 Å². The SMILES string of the molecule is CC(C)NCc1cnc(C2CCCS2)s1. The largest absolute Gasteiger partial charge is 0.310 e. The molecule has 1 aliphatic heterocycles. The van der Waals surface area contributed by atoms with Crippen LogP contribution in [0.15, 0.2) is 6.20 Å². The molecule has 84 valence electrons. The zero-order chi connectivity index (χ0) is 10.7. The zero-order valence-corrected chi connectivity index (χ0v) is 11.0. The van der Waals surface area contributed by atoms with E-state index in [4.69, 9.17) is 0 Å². The molecule has 0 aromatic carbocycles. The fraction of sp³-hybridized carbons (Fsp3) is 0.727. The fourth-order valence-electron chi connectivity index (χ4n) is 1.63. The molecule has 1 unspecified atom stereocenters. The van der Waals surface area contributed by atoms with Gasteiger partial charge in [0.25, 0.3) is 0 Å².